The van der Waals surface area contributed by atoms with Crippen LogP contribution in [0, 0.1) is 0 Å². The first-order valence-electron chi connectivity index (χ1n) is 9.49. The molecule has 31 heavy (non-hydrogen) atoms. The summed E-state index contributed by atoms with van der Waals surface area (Å²) in [6.45, 7) is 0.515. The molecule has 8 heteroatoms. The van der Waals surface area contributed by atoms with E-state index in [1.807, 2.05) is 36.4 Å². The highest BCUT2D eigenvalue weighted by Crippen LogP contribution is 2.48. The SMILES string of the molecule is COc1ccc(CNc2ccc(Cl)cc2C2OOc3c(OC)cc(Cl)cc32)c(OC)c1. The average molecular weight is 462 g/mol. The molecule has 0 spiro atoms. The first-order chi connectivity index (χ1) is 15.0. The van der Waals surface area contributed by atoms with E-state index in [2.05, 4.69) is 5.32 Å². The van der Waals surface area contributed by atoms with Gasteiger partial charge in [0, 0.05) is 51.1 Å². The minimum Gasteiger partial charge on any atom is -0.497 e. The minimum absolute atomic E-state index is 0.500. The van der Waals surface area contributed by atoms with Crippen LogP contribution in [0.3, 0.4) is 0 Å². The highest BCUT2D eigenvalue weighted by Gasteiger charge is 2.33. The molecule has 1 unspecified atom stereocenters. The highest BCUT2D eigenvalue weighted by atomic mass is 35.5. The molecule has 0 fully saturated rings. The molecule has 1 atom stereocenters. The number of ether oxygens (including phenoxy) is 3. The van der Waals surface area contributed by atoms with Crippen LogP contribution in [0.25, 0.3) is 0 Å². The zero-order chi connectivity index (χ0) is 22.0. The number of halogens is 2. The van der Waals surface area contributed by atoms with Crippen molar-refractivity contribution in [2.75, 3.05) is 26.6 Å². The van der Waals surface area contributed by atoms with Crippen LogP contribution in [0.4, 0.5) is 5.69 Å². The zero-order valence-electron chi connectivity index (χ0n) is 17.2. The van der Waals surface area contributed by atoms with Crippen LogP contribution in [0.2, 0.25) is 10.0 Å². The second-order valence-electron chi connectivity index (χ2n) is 6.85. The molecule has 3 aromatic rings. The maximum atomic E-state index is 6.30. The number of fused-ring (bicyclic) bond motifs is 1. The Kier molecular flexibility index (Phi) is 6.32. The van der Waals surface area contributed by atoms with Crippen molar-refractivity contribution in [3.63, 3.8) is 0 Å². The third-order valence-electron chi connectivity index (χ3n) is 5.04. The zero-order valence-corrected chi connectivity index (χ0v) is 18.7. The number of anilines is 1. The summed E-state index contributed by atoms with van der Waals surface area (Å²) in [5, 5.41) is 4.54. The smallest absolute Gasteiger partial charge is 0.213 e. The molecule has 0 aromatic heterocycles. The topological polar surface area (TPSA) is 58.2 Å². The maximum Gasteiger partial charge on any atom is 0.213 e. The summed E-state index contributed by atoms with van der Waals surface area (Å²) < 4.78 is 16.1. The molecule has 0 saturated heterocycles. The van der Waals surface area contributed by atoms with Crippen molar-refractivity contribution in [2.45, 2.75) is 12.6 Å². The van der Waals surface area contributed by atoms with E-state index in [1.165, 1.54) is 0 Å². The summed E-state index contributed by atoms with van der Waals surface area (Å²) in [7, 11) is 4.80. The Balaban J connectivity index is 1.66. The normalized spacial score (nSPS) is 14.5. The van der Waals surface area contributed by atoms with Gasteiger partial charge in [-0.3, -0.25) is 0 Å². The van der Waals surface area contributed by atoms with Gasteiger partial charge in [-0.15, -0.1) is 0 Å². The fraction of sp³-hybridized carbons (Fsp3) is 0.217. The maximum absolute atomic E-state index is 6.30. The molecule has 162 valence electrons. The van der Waals surface area contributed by atoms with Crippen molar-refractivity contribution in [2.24, 2.45) is 0 Å². The second-order valence-corrected chi connectivity index (χ2v) is 7.72. The third kappa shape index (κ3) is 4.32. The van der Waals surface area contributed by atoms with Crippen LogP contribution in [-0.4, -0.2) is 21.3 Å². The van der Waals surface area contributed by atoms with Crippen LogP contribution in [0.1, 0.15) is 22.8 Å². The van der Waals surface area contributed by atoms with Crippen LogP contribution in [-0.2, 0) is 11.4 Å². The predicted octanol–water partition coefficient (Wildman–Crippen LogP) is 6.04. The van der Waals surface area contributed by atoms with Crippen LogP contribution in [0.15, 0.2) is 48.5 Å². The van der Waals surface area contributed by atoms with Crippen molar-refractivity contribution >= 4 is 28.9 Å². The Morgan fingerprint density at radius 3 is 2.35 bits per heavy atom. The van der Waals surface area contributed by atoms with E-state index in [9.17, 15) is 0 Å². The lowest BCUT2D eigenvalue weighted by Crippen LogP contribution is -2.08. The van der Waals surface area contributed by atoms with E-state index in [1.54, 1.807) is 33.5 Å². The Bertz CT molecular complexity index is 1110. The van der Waals surface area contributed by atoms with Crippen molar-refractivity contribution in [3.05, 3.63) is 75.3 Å². The van der Waals surface area contributed by atoms with Gasteiger partial charge < -0.3 is 24.4 Å². The van der Waals surface area contributed by atoms with Gasteiger partial charge in [-0.25, -0.2) is 0 Å². The summed E-state index contributed by atoms with van der Waals surface area (Å²) in [5.41, 5.74) is 3.38. The molecule has 0 saturated carbocycles. The molecule has 3 aromatic carbocycles. The fourth-order valence-corrected chi connectivity index (χ4v) is 3.89. The Labute approximate surface area is 190 Å². The fourth-order valence-electron chi connectivity index (χ4n) is 3.49. The molecule has 4 rings (SSSR count). The van der Waals surface area contributed by atoms with E-state index in [4.69, 9.17) is 47.2 Å². The van der Waals surface area contributed by atoms with Gasteiger partial charge in [-0.2, -0.15) is 4.89 Å². The second kappa shape index (κ2) is 9.14. The van der Waals surface area contributed by atoms with Gasteiger partial charge in [-0.05, 0) is 36.4 Å². The van der Waals surface area contributed by atoms with E-state index in [0.29, 0.717) is 28.1 Å². The molecule has 0 bridgehead atoms. The van der Waals surface area contributed by atoms with E-state index in [-0.39, 0.29) is 0 Å². The molecule has 0 radical (unpaired) electrons. The van der Waals surface area contributed by atoms with Gasteiger partial charge in [0.2, 0.25) is 5.75 Å². The summed E-state index contributed by atoms with van der Waals surface area (Å²) in [4.78, 5) is 11.1. The Morgan fingerprint density at radius 2 is 1.61 bits per heavy atom. The molecular formula is C23H21Cl2NO5. The van der Waals surface area contributed by atoms with Crippen LogP contribution >= 0.6 is 23.2 Å². The molecule has 0 amide bonds. The van der Waals surface area contributed by atoms with Crippen molar-refractivity contribution in [1.82, 2.24) is 0 Å². The highest BCUT2D eigenvalue weighted by molar-refractivity contribution is 6.31. The molecule has 1 heterocycles. The van der Waals surface area contributed by atoms with Gasteiger partial charge in [0.15, 0.2) is 11.9 Å². The van der Waals surface area contributed by atoms with Crippen molar-refractivity contribution < 1.29 is 24.0 Å². The molecule has 0 aliphatic carbocycles. The van der Waals surface area contributed by atoms with Gasteiger partial charge in [-0.1, -0.05) is 23.2 Å². The lowest BCUT2D eigenvalue weighted by molar-refractivity contribution is -0.212. The van der Waals surface area contributed by atoms with Crippen LogP contribution < -0.4 is 24.4 Å². The van der Waals surface area contributed by atoms with Crippen molar-refractivity contribution in [3.8, 4) is 23.0 Å². The lowest BCUT2D eigenvalue weighted by Gasteiger charge is -2.17. The van der Waals surface area contributed by atoms with E-state index < -0.39 is 6.10 Å². The summed E-state index contributed by atoms with van der Waals surface area (Å²) in [6.07, 6.45) is -0.526. The number of hydrogen-bond acceptors (Lipinski definition) is 6. The molecule has 1 aliphatic heterocycles. The number of benzene rings is 3. The number of methoxy groups -OCH3 is 3. The lowest BCUT2D eigenvalue weighted by atomic mass is 9.99. The number of hydrogen-bond donors (Lipinski definition) is 1. The Morgan fingerprint density at radius 1 is 0.839 bits per heavy atom. The molecule has 6 nitrogen and oxygen atoms in total. The van der Waals surface area contributed by atoms with Gasteiger partial charge >= 0.3 is 0 Å². The first-order valence-corrected chi connectivity index (χ1v) is 10.2. The largest absolute Gasteiger partial charge is 0.497 e. The molecular weight excluding hydrogens is 441 g/mol. The first kappa shape index (κ1) is 21.4. The number of rotatable bonds is 7. The summed E-state index contributed by atoms with van der Waals surface area (Å²) in [5.74, 6) is 2.46. The van der Waals surface area contributed by atoms with Gasteiger partial charge in [0.25, 0.3) is 0 Å². The third-order valence-corrected chi connectivity index (χ3v) is 5.49. The summed E-state index contributed by atoms with van der Waals surface area (Å²) in [6, 6.07) is 14.7. The standard InChI is InChI=1S/C23H21Cl2NO5/c1-27-16-6-4-13(20(11-16)28-2)12-26-19-7-5-14(24)8-17(19)22-18-9-15(25)10-21(29-3)23(18)31-30-22/h4-11,22,26H,12H2,1-3H3. The number of nitrogens with one attached hydrogen (secondary N) is 1. The van der Waals surface area contributed by atoms with Crippen molar-refractivity contribution in [1.29, 1.82) is 0 Å². The predicted molar refractivity (Wildman–Crippen MR) is 120 cm³/mol. The minimum atomic E-state index is -0.526. The molecule has 1 N–H and O–H groups in total. The monoisotopic (exact) mass is 461 g/mol. The summed E-state index contributed by atoms with van der Waals surface area (Å²) >= 11 is 12.6. The average Bonchev–Trinajstić information content (AvgIpc) is 3.21. The van der Waals surface area contributed by atoms with Crippen LogP contribution in [0.5, 0.6) is 23.0 Å². The van der Waals surface area contributed by atoms with Gasteiger partial charge in [0.05, 0.1) is 21.3 Å². The molecule has 1 aliphatic rings. The van der Waals surface area contributed by atoms with E-state index >= 15 is 0 Å². The van der Waals surface area contributed by atoms with Gasteiger partial charge in [0.1, 0.15) is 11.5 Å². The Hall–Kier alpha value is -2.80. The quantitative estimate of drug-likeness (QED) is 0.432. The van der Waals surface area contributed by atoms with E-state index in [0.717, 1.165) is 33.9 Å².